The molecule has 0 radical (unpaired) electrons. The lowest BCUT2D eigenvalue weighted by Gasteiger charge is -2.31. The Morgan fingerprint density at radius 3 is 2.31 bits per heavy atom. The number of pyridine rings is 1. The number of fused-ring (bicyclic) bond motifs is 1. The number of likely N-dealkylation sites (tertiary alicyclic amines) is 1. The molecule has 6 nitrogen and oxygen atoms in total. The number of rotatable bonds is 6. The van der Waals surface area contributed by atoms with E-state index in [4.69, 9.17) is 4.74 Å². The average molecular weight is 468 g/mol. The monoisotopic (exact) mass is 467 g/mol. The van der Waals surface area contributed by atoms with Crippen LogP contribution in [-0.2, 0) is 6.61 Å². The first-order valence-corrected chi connectivity index (χ1v) is 12.0. The van der Waals surface area contributed by atoms with Gasteiger partial charge in [-0.25, -0.2) is 4.98 Å². The minimum Gasteiger partial charge on any atom is -0.487 e. The molecule has 4 aromatic rings. The fraction of sp³-hybridized carbons (Fsp3) is 0.276. The van der Waals surface area contributed by atoms with Crippen molar-refractivity contribution in [2.45, 2.75) is 33.3 Å². The van der Waals surface area contributed by atoms with E-state index < -0.39 is 0 Å². The van der Waals surface area contributed by atoms with Gasteiger partial charge < -0.3 is 14.0 Å². The van der Waals surface area contributed by atoms with Gasteiger partial charge in [0.25, 0.3) is 5.91 Å². The maximum atomic E-state index is 13.0. The molecular formula is C29H29N3O3. The van der Waals surface area contributed by atoms with E-state index in [0.29, 0.717) is 43.9 Å². The number of aromatic nitrogens is 2. The second kappa shape index (κ2) is 9.74. The molecule has 5 rings (SSSR count). The maximum Gasteiger partial charge on any atom is 0.253 e. The zero-order valence-corrected chi connectivity index (χ0v) is 20.1. The predicted octanol–water partition coefficient (Wildman–Crippen LogP) is 5.27. The van der Waals surface area contributed by atoms with Crippen molar-refractivity contribution < 1.29 is 14.3 Å². The molecule has 1 aliphatic rings. The molecule has 0 atom stereocenters. The van der Waals surface area contributed by atoms with Crippen LogP contribution in [-0.4, -0.2) is 39.1 Å². The zero-order valence-electron chi connectivity index (χ0n) is 20.1. The van der Waals surface area contributed by atoms with Gasteiger partial charge in [0.05, 0.1) is 5.69 Å². The first kappa shape index (κ1) is 22.8. The highest BCUT2D eigenvalue weighted by Crippen LogP contribution is 2.24. The van der Waals surface area contributed by atoms with Gasteiger partial charge in [-0.15, -0.1) is 0 Å². The summed E-state index contributed by atoms with van der Waals surface area (Å²) in [5, 5.41) is 0. The SMILES string of the molecule is Cc1ccc(C(=O)C2CCN(C(=O)c3ccc(OCc4cn5cccc(C)c5n4)cc3)CC2)cc1. The molecule has 0 unspecified atom stereocenters. The number of hydrogen-bond acceptors (Lipinski definition) is 4. The van der Waals surface area contributed by atoms with Crippen molar-refractivity contribution >= 4 is 17.3 Å². The molecule has 2 aromatic heterocycles. The van der Waals surface area contributed by atoms with Gasteiger partial charge in [0.1, 0.15) is 18.0 Å². The van der Waals surface area contributed by atoms with Gasteiger partial charge in [0, 0.05) is 42.5 Å². The second-order valence-electron chi connectivity index (χ2n) is 9.26. The number of benzene rings is 2. The van der Waals surface area contributed by atoms with Crippen LogP contribution < -0.4 is 4.74 Å². The molecule has 3 heterocycles. The molecule has 0 spiro atoms. The molecular weight excluding hydrogens is 438 g/mol. The molecule has 35 heavy (non-hydrogen) atoms. The highest BCUT2D eigenvalue weighted by Gasteiger charge is 2.28. The van der Waals surface area contributed by atoms with Gasteiger partial charge in [-0.2, -0.15) is 0 Å². The predicted molar refractivity (Wildman–Crippen MR) is 135 cm³/mol. The summed E-state index contributed by atoms with van der Waals surface area (Å²) >= 11 is 0. The second-order valence-corrected chi connectivity index (χ2v) is 9.26. The minimum atomic E-state index is -0.0269. The van der Waals surface area contributed by atoms with E-state index in [-0.39, 0.29) is 17.6 Å². The fourth-order valence-electron chi connectivity index (χ4n) is 4.61. The Bertz CT molecular complexity index is 1350. The van der Waals surface area contributed by atoms with Gasteiger partial charge in [-0.3, -0.25) is 9.59 Å². The van der Waals surface area contributed by atoms with Crippen LogP contribution in [0.4, 0.5) is 0 Å². The third-order valence-corrected chi connectivity index (χ3v) is 6.70. The van der Waals surface area contributed by atoms with E-state index in [0.717, 1.165) is 28.0 Å². The van der Waals surface area contributed by atoms with Gasteiger partial charge >= 0.3 is 0 Å². The minimum absolute atomic E-state index is 0.00592. The Balaban J connectivity index is 1.15. The Hall–Kier alpha value is -3.93. The highest BCUT2D eigenvalue weighted by molar-refractivity contribution is 5.98. The number of piperidine rings is 1. The molecule has 0 bridgehead atoms. The van der Waals surface area contributed by atoms with Crippen LogP contribution in [0.1, 0.15) is 50.4 Å². The van der Waals surface area contributed by atoms with E-state index in [9.17, 15) is 9.59 Å². The van der Waals surface area contributed by atoms with Crippen molar-refractivity contribution in [2.24, 2.45) is 5.92 Å². The third-order valence-electron chi connectivity index (χ3n) is 6.70. The molecule has 1 aliphatic heterocycles. The molecule has 0 N–H and O–H groups in total. The van der Waals surface area contributed by atoms with Crippen LogP contribution in [0, 0.1) is 19.8 Å². The average Bonchev–Trinajstić information content (AvgIpc) is 3.32. The van der Waals surface area contributed by atoms with E-state index in [2.05, 4.69) is 4.98 Å². The molecule has 178 valence electrons. The van der Waals surface area contributed by atoms with Crippen LogP contribution >= 0.6 is 0 Å². The van der Waals surface area contributed by atoms with Crippen molar-refractivity contribution in [1.29, 1.82) is 0 Å². The smallest absolute Gasteiger partial charge is 0.253 e. The van der Waals surface area contributed by atoms with Crippen molar-refractivity contribution in [2.75, 3.05) is 13.1 Å². The number of hydrogen-bond donors (Lipinski definition) is 0. The number of carbonyl (C=O) groups is 2. The fourth-order valence-corrected chi connectivity index (χ4v) is 4.61. The lowest BCUT2D eigenvalue weighted by atomic mass is 9.88. The summed E-state index contributed by atoms with van der Waals surface area (Å²) in [6.07, 6.45) is 5.32. The normalized spacial score (nSPS) is 14.3. The summed E-state index contributed by atoms with van der Waals surface area (Å²) in [5.41, 5.74) is 5.42. The summed E-state index contributed by atoms with van der Waals surface area (Å²) in [7, 11) is 0. The molecule has 6 heteroatoms. The van der Waals surface area contributed by atoms with Crippen molar-refractivity contribution in [3.8, 4) is 5.75 Å². The summed E-state index contributed by atoms with van der Waals surface area (Å²) < 4.78 is 7.89. The van der Waals surface area contributed by atoms with Crippen molar-refractivity contribution in [3.63, 3.8) is 0 Å². The molecule has 2 aromatic carbocycles. The van der Waals surface area contributed by atoms with Gasteiger partial charge in [0.2, 0.25) is 0 Å². The van der Waals surface area contributed by atoms with E-state index >= 15 is 0 Å². The summed E-state index contributed by atoms with van der Waals surface area (Å²) in [6, 6.07) is 19.0. The lowest BCUT2D eigenvalue weighted by Crippen LogP contribution is -2.40. The first-order chi connectivity index (χ1) is 17.0. The van der Waals surface area contributed by atoms with Gasteiger partial charge in [-0.1, -0.05) is 35.9 Å². The number of amides is 1. The van der Waals surface area contributed by atoms with Gasteiger partial charge in [-0.05, 0) is 62.6 Å². The van der Waals surface area contributed by atoms with Crippen LogP contribution in [0.25, 0.3) is 5.65 Å². The number of Topliss-reactive ketones (excluding diaryl/α,β-unsaturated/α-hetero) is 1. The first-order valence-electron chi connectivity index (χ1n) is 12.0. The summed E-state index contributed by atoms with van der Waals surface area (Å²) in [6.45, 7) is 5.59. The van der Waals surface area contributed by atoms with E-state index in [1.807, 2.05) is 84.1 Å². The summed E-state index contributed by atoms with van der Waals surface area (Å²) in [5.74, 6) is 0.839. The molecule has 0 saturated carbocycles. The number of aryl methyl sites for hydroxylation is 2. The molecule has 1 amide bonds. The van der Waals surface area contributed by atoms with Crippen molar-refractivity contribution in [3.05, 3.63) is 101 Å². The van der Waals surface area contributed by atoms with Gasteiger partial charge in [0.15, 0.2) is 5.78 Å². The Kier molecular flexibility index (Phi) is 6.36. The third kappa shape index (κ3) is 4.97. The van der Waals surface area contributed by atoms with Crippen LogP contribution in [0.5, 0.6) is 5.75 Å². The highest BCUT2D eigenvalue weighted by atomic mass is 16.5. The number of nitrogens with zero attached hydrogens (tertiary/aromatic N) is 3. The largest absolute Gasteiger partial charge is 0.487 e. The van der Waals surface area contributed by atoms with Crippen LogP contribution in [0.3, 0.4) is 0 Å². The number of imidazole rings is 1. The zero-order chi connectivity index (χ0) is 24.4. The number of ketones is 1. The van der Waals surface area contributed by atoms with E-state index in [1.54, 1.807) is 12.1 Å². The molecule has 0 aliphatic carbocycles. The Morgan fingerprint density at radius 2 is 1.63 bits per heavy atom. The lowest BCUT2D eigenvalue weighted by molar-refractivity contribution is 0.0650. The van der Waals surface area contributed by atoms with Crippen LogP contribution in [0.2, 0.25) is 0 Å². The Labute approximate surface area is 205 Å². The van der Waals surface area contributed by atoms with Crippen molar-refractivity contribution in [1.82, 2.24) is 14.3 Å². The Morgan fingerprint density at radius 1 is 0.943 bits per heavy atom. The molecule has 1 fully saturated rings. The number of carbonyl (C=O) groups excluding carboxylic acids is 2. The maximum absolute atomic E-state index is 13.0. The topological polar surface area (TPSA) is 63.9 Å². The molecule has 1 saturated heterocycles. The van der Waals surface area contributed by atoms with Crippen LogP contribution in [0.15, 0.2) is 73.1 Å². The summed E-state index contributed by atoms with van der Waals surface area (Å²) in [4.78, 5) is 32.3. The van der Waals surface area contributed by atoms with E-state index in [1.165, 1.54) is 0 Å². The standard InChI is InChI=1S/C29H29N3O3/c1-20-5-7-22(8-6-20)27(33)23-13-16-31(17-14-23)29(34)24-9-11-26(12-10-24)35-19-25-18-32-15-3-4-21(2)28(32)30-25/h3-12,15,18,23H,13-14,16-17,19H2,1-2H3. The quantitative estimate of drug-likeness (QED) is 0.363. The number of ether oxygens (including phenoxy) is 1.